The fourth-order valence-corrected chi connectivity index (χ4v) is 2.90. The van der Waals surface area contributed by atoms with Crippen LogP contribution in [0.1, 0.15) is 10.4 Å². The van der Waals surface area contributed by atoms with Gasteiger partial charge in [-0.1, -0.05) is 18.2 Å². The van der Waals surface area contributed by atoms with Gasteiger partial charge in [-0.05, 0) is 45.4 Å². The Morgan fingerprint density at radius 1 is 1.24 bits per heavy atom. The van der Waals surface area contributed by atoms with Gasteiger partial charge >= 0.3 is 0 Å². The predicted molar refractivity (Wildman–Crippen MR) is 71.8 cm³/mol. The van der Waals surface area contributed by atoms with E-state index in [9.17, 15) is 9.50 Å². The lowest BCUT2D eigenvalue weighted by Crippen LogP contribution is -2.13. The van der Waals surface area contributed by atoms with Gasteiger partial charge in [0, 0.05) is 11.3 Å². The number of aliphatic hydroxyl groups excluding tert-OH is 1. The predicted octanol–water partition coefficient (Wildman–Crippen LogP) is 3.80. The van der Waals surface area contributed by atoms with Crippen molar-refractivity contribution in [2.75, 3.05) is 0 Å². The number of aliphatic hydroxyl groups is 1. The summed E-state index contributed by atoms with van der Waals surface area (Å²) in [6, 6.07) is 8.84. The van der Waals surface area contributed by atoms with Crippen molar-refractivity contribution < 1.29 is 9.50 Å². The molecule has 0 bridgehead atoms. The fourth-order valence-electron chi connectivity index (χ4n) is 1.69. The van der Waals surface area contributed by atoms with E-state index in [4.69, 9.17) is 0 Å². The van der Waals surface area contributed by atoms with Gasteiger partial charge in [0.25, 0.3) is 0 Å². The summed E-state index contributed by atoms with van der Waals surface area (Å²) in [5, 5.41) is 11.9. The molecular weight excluding hydrogens is 303 g/mol. The minimum absolute atomic E-state index is 0.286. The second-order valence-corrected chi connectivity index (χ2v) is 5.68. The van der Waals surface area contributed by atoms with Crippen molar-refractivity contribution in [2.24, 2.45) is 0 Å². The lowest BCUT2D eigenvalue weighted by atomic mass is 10.1. The summed E-state index contributed by atoms with van der Waals surface area (Å²) in [5.41, 5.74) is 0.800. The summed E-state index contributed by atoms with van der Waals surface area (Å²) >= 11 is 4.83. The monoisotopic (exact) mass is 314 g/mol. The fraction of sp³-hybridized carbons (Fsp3) is 0.231. The Labute approximate surface area is 112 Å². The van der Waals surface area contributed by atoms with Crippen LogP contribution in [0.15, 0.2) is 40.2 Å². The van der Waals surface area contributed by atoms with E-state index < -0.39 is 6.10 Å². The average molecular weight is 315 g/mol. The molecule has 1 unspecified atom stereocenters. The molecule has 1 atom stereocenters. The van der Waals surface area contributed by atoms with Crippen LogP contribution in [0.2, 0.25) is 0 Å². The molecule has 0 aliphatic carbocycles. The van der Waals surface area contributed by atoms with Crippen molar-refractivity contribution in [3.05, 3.63) is 56.4 Å². The maximum atomic E-state index is 13.3. The first kappa shape index (κ1) is 12.7. The van der Waals surface area contributed by atoms with E-state index in [2.05, 4.69) is 15.9 Å². The Morgan fingerprint density at radius 3 is 2.76 bits per heavy atom. The molecule has 2 aromatic rings. The molecule has 1 nitrogen and oxygen atoms in total. The van der Waals surface area contributed by atoms with E-state index in [1.165, 1.54) is 6.07 Å². The zero-order chi connectivity index (χ0) is 12.3. The minimum Gasteiger partial charge on any atom is -0.392 e. The van der Waals surface area contributed by atoms with Crippen molar-refractivity contribution in [1.82, 2.24) is 0 Å². The van der Waals surface area contributed by atoms with Crippen molar-refractivity contribution in [3.63, 3.8) is 0 Å². The highest BCUT2D eigenvalue weighted by molar-refractivity contribution is 9.10. The number of hydrogen-bond acceptors (Lipinski definition) is 2. The van der Waals surface area contributed by atoms with Crippen LogP contribution in [-0.2, 0) is 12.8 Å². The maximum Gasteiger partial charge on any atom is 0.137 e. The van der Waals surface area contributed by atoms with Crippen molar-refractivity contribution in [1.29, 1.82) is 0 Å². The Morgan fingerprint density at radius 2 is 2.06 bits per heavy atom. The number of rotatable bonds is 4. The molecule has 0 spiro atoms. The van der Waals surface area contributed by atoms with Gasteiger partial charge < -0.3 is 5.11 Å². The van der Waals surface area contributed by atoms with E-state index in [1.807, 2.05) is 23.6 Å². The Balaban J connectivity index is 2.03. The lowest BCUT2D eigenvalue weighted by Gasteiger charge is -2.11. The van der Waals surface area contributed by atoms with Crippen LogP contribution in [0.4, 0.5) is 4.39 Å². The van der Waals surface area contributed by atoms with E-state index >= 15 is 0 Å². The highest BCUT2D eigenvalue weighted by atomic mass is 79.9. The molecule has 0 aliphatic heterocycles. The maximum absolute atomic E-state index is 13.3. The Bertz CT molecular complexity index is 484. The van der Waals surface area contributed by atoms with Gasteiger partial charge in [-0.25, -0.2) is 4.39 Å². The first-order valence-corrected chi connectivity index (χ1v) is 6.97. The molecule has 2 rings (SSSR count). The highest BCUT2D eigenvalue weighted by Gasteiger charge is 2.11. The van der Waals surface area contributed by atoms with Crippen LogP contribution in [0.3, 0.4) is 0 Å². The van der Waals surface area contributed by atoms with Gasteiger partial charge in [-0.2, -0.15) is 0 Å². The molecule has 0 fully saturated rings. The van der Waals surface area contributed by atoms with Gasteiger partial charge in [0.1, 0.15) is 5.82 Å². The number of thiophene rings is 1. The standard InChI is InChI=1S/C13H12BrFOS/c14-13-9(3-1-5-12(13)15)7-10(16)8-11-4-2-6-17-11/h1-6,10,16H,7-8H2. The minimum atomic E-state index is -0.480. The zero-order valence-electron chi connectivity index (χ0n) is 9.07. The Hall–Kier alpha value is -0.710. The van der Waals surface area contributed by atoms with Gasteiger partial charge in [-0.3, -0.25) is 0 Å². The third-order valence-corrected chi connectivity index (χ3v) is 4.29. The van der Waals surface area contributed by atoms with Crippen LogP contribution in [0.25, 0.3) is 0 Å². The van der Waals surface area contributed by atoms with Gasteiger partial charge in [-0.15, -0.1) is 11.3 Å². The lowest BCUT2D eigenvalue weighted by molar-refractivity contribution is 0.176. The SMILES string of the molecule is OC(Cc1cccs1)Cc1cccc(F)c1Br. The normalized spacial score (nSPS) is 12.6. The molecule has 0 saturated carbocycles. The molecule has 0 saturated heterocycles. The zero-order valence-corrected chi connectivity index (χ0v) is 11.5. The molecule has 0 radical (unpaired) electrons. The molecular formula is C13H12BrFOS. The number of benzene rings is 1. The molecule has 1 N–H and O–H groups in total. The van der Waals surface area contributed by atoms with Gasteiger partial charge in [0.2, 0.25) is 0 Å². The second-order valence-electron chi connectivity index (χ2n) is 3.85. The summed E-state index contributed by atoms with van der Waals surface area (Å²) < 4.78 is 13.7. The summed E-state index contributed by atoms with van der Waals surface area (Å²) in [6.07, 6.45) is 0.586. The third-order valence-electron chi connectivity index (χ3n) is 2.50. The van der Waals surface area contributed by atoms with Crippen molar-refractivity contribution in [3.8, 4) is 0 Å². The molecule has 1 heterocycles. The van der Waals surface area contributed by atoms with Crippen LogP contribution >= 0.6 is 27.3 Å². The van der Waals surface area contributed by atoms with Crippen LogP contribution in [0.5, 0.6) is 0 Å². The average Bonchev–Trinajstić information content (AvgIpc) is 2.77. The number of hydrogen-bond donors (Lipinski definition) is 1. The molecule has 1 aromatic heterocycles. The summed E-state index contributed by atoms with van der Waals surface area (Å²) in [5.74, 6) is -0.286. The molecule has 1 aromatic carbocycles. The van der Waals surface area contributed by atoms with Gasteiger partial charge in [0.15, 0.2) is 0 Å². The van der Waals surface area contributed by atoms with Crippen LogP contribution in [0, 0.1) is 5.82 Å². The number of halogens is 2. The second kappa shape index (κ2) is 5.76. The quantitative estimate of drug-likeness (QED) is 0.910. The summed E-state index contributed by atoms with van der Waals surface area (Å²) in [6.45, 7) is 0. The van der Waals surface area contributed by atoms with Gasteiger partial charge in [0.05, 0.1) is 10.6 Å². The largest absolute Gasteiger partial charge is 0.392 e. The topological polar surface area (TPSA) is 20.2 Å². The van der Waals surface area contributed by atoms with E-state index in [0.29, 0.717) is 17.3 Å². The first-order valence-electron chi connectivity index (χ1n) is 5.30. The smallest absolute Gasteiger partial charge is 0.137 e. The van der Waals surface area contributed by atoms with E-state index in [-0.39, 0.29) is 5.82 Å². The van der Waals surface area contributed by atoms with Crippen LogP contribution < -0.4 is 0 Å². The highest BCUT2D eigenvalue weighted by Crippen LogP contribution is 2.22. The third kappa shape index (κ3) is 3.37. The molecule has 0 amide bonds. The molecule has 4 heteroatoms. The van der Waals surface area contributed by atoms with E-state index in [1.54, 1.807) is 17.4 Å². The van der Waals surface area contributed by atoms with Crippen molar-refractivity contribution >= 4 is 27.3 Å². The first-order chi connectivity index (χ1) is 8.16. The molecule has 17 heavy (non-hydrogen) atoms. The molecule has 0 aliphatic rings. The van der Waals surface area contributed by atoms with E-state index in [0.717, 1.165) is 10.4 Å². The van der Waals surface area contributed by atoms with Crippen LogP contribution in [-0.4, -0.2) is 11.2 Å². The summed E-state index contributed by atoms with van der Waals surface area (Å²) in [7, 11) is 0. The van der Waals surface area contributed by atoms with Crippen molar-refractivity contribution in [2.45, 2.75) is 18.9 Å². The summed E-state index contributed by atoms with van der Waals surface area (Å²) in [4.78, 5) is 1.14. The Kier molecular flexibility index (Phi) is 4.31. The molecule has 90 valence electrons.